The van der Waals surface area contributed by atoms with Gasteiger partial charge in [0.1, 0.15) is 0 Å². The van der Waals surface area contributed by atoms with E-state index in [0.29, 0.717) is 0 Å². The zero-order chi connectivity index (χ0) is 12.3. The SMILES string of the molecule is CN(C)CCCC(O)c1csc2ccccc12.Cl. The van der Waals surface area contributed by atoms with Gasteiger partial charge in [-0.1, -0.05) is 18.2 Å². The zero-order valence-corrected chi connectivity index (χ0v) is 12.4. The molecule has 0 amide bonds. The van der Waals surface area contributed by atoms with E-state index in [-0.39, 0.29) is 18.5 Å². The second kappa shape index (κ2) is 7.10. The fourth-order valence-corrected chi connectivity index (χ4v) is 3.02. The molecule has 0 aliphatic carbocycles. The van der Waals surface area contributed by atoms with Crippen molar-refractivity contribution >= 4 is 33.8 Å². The van der Waals surface area contributed by atoms with Gasteiger partial charge < -0.3 is 10.0 Å². The number of benzene rings is 1. The minimum atomic E-state index is -0.328. The van der Waals surface area contributed by atoms with Gasteiger partial charge in [-0.2, -0.15) is 0 Å². The summed E-state index contributed by atoms with van der Waals surface area (Å²) in [4.78, 5) is 2.15. The molecule has 0 radical (unpaired) electrons. The predicted octanol–water partition coefficient (Wildman–Crippen LogP) is 3.70. The van der Waals surface area contributed by atoms with Crippen LogP contribution in [0.3, 0.4) is 0 Å². The van der Waals surface area contributed by atoms with Gasteiger partial charge in [0.25, 0.3) is 0 Å². The van der Waals surface area contributed by atoms with Crippen LogP contribution in [0.2, 0.25) is 0 Å². The Morgan fingerprint density at radius 1 is 1.28 bits per heavy atom. The van der Waals surface area contributed by atoms with Crippen LogP contribution in [0.4, 0.5) is 0 Å². The van der Waals surface area contributed by atoms with Crippen LogP contribution in [0.15, 0.2) is 29.6 Å². The third-order valence-electron chi connectivity index (χ3n) is 2.95. The summed E-state index contributed by atoms with van der Waals surface area (Å²) >= 11 is 1.71. The van der Waals surface area contributed by atoms with Crippen molar-refractivity contribution in [2.24, 2.45) is 0 Å². The number of thiophene rings is 1. The van der Waals surface area contributed by atoms with Gasteiger partial charge in [-0.3, -0.25) is 0 Å². The smallest absolute Gasteiger partial charge is 0.0804 e. The third kappa shape index (κ3) is 3.69. The molecular weight excluding hydrogens is 266 g/mol. The van der Waals surface area contributed by atoms with Gasteiger partial charge in [0, 0.05) is 4.70 Å². The van der Waals surface area contributed by atoms with Crippen LogP contribution in [-0.4, -0.2) is 30.6 Å². The van der Waals surface area contributed by atoms with Crippen LogP contribution in [-0.2, 0) is 0 Å². The van der Waals surface area contributed by atoms with Gasteiger partial charge in [0.05, 0.1) is 6.10 Å². The molecule has 2 aromatic rings. The Labute approximate surface area is 119 Å². The van der Waals surface area contributed by atoms with Crippen LogP contribution in [0, 0.1) is 0 Å². The highest BCUT2D eigenvalue weighted by Gasteiger charge is 2.12. The molecule has 1 N–H and O–H groups in total. The highest BCUT2D eigenvalue weighted by Crippen LogP contribution is 2.31. The number of rotatable bonds is 5. The van der Waals surface area contributed by atoms with Crippen LogP contribution in [0.25, 0.3) is 10.1 Å². The van der Waals surface area contributed by atoms with Gasteiger partial charge in [-0.05, 0) is 55.9 Å². The molecule has 1 unspecified atom stereocenters. The second-order valence-electron chi connectivity index (χ2n) is 4.65. The van der Waals surface area contributed by atoms with Gasteiger partial charge in [-0.15, -0.1) is 23.7 Å². The first kappa shape index (κ1) is 15.4. The van der Waals surface area contributed by atoms with E-state index < -0.39 is 0 Å². The average Bonchev–Trinajstić information content (AvgIpc) is 2.72. The van der Waals surface area contributed by atoms with Crippen LogP contribution in [0.5, 0.6) is 0 Å². The summed E-state index contributed by atoms with van der Waals surface area (Å²) in [5.74, 6) is 0. The van der Waals surface area contributed by atoms with Crippen molar-refractivity contribution in [3.8, 4) is 0 Å². The van der Waals surface area contributed by atoms with Crippen molar-refractivity contribution < 1.29 is 5.11 Å². The van der Waals surface area contributed by atoms with E-state index in [9.17, 15) is 5.11 Å². The van der Waals surface area contributed by atoms with Crippen molar-refractivity contribution in [1.29, 1.82) is 0 Å². The van der Waals surface area contributed by atoms with Crippen molar-refractivity contribution in [3.05, 3.63) is 35.2 Å². The number of hydrogen-bond acceptors (Lipinski definition) is 3. The molecule has 0 bridgehead atoms. The first-order valence-electron chi connectivity index (χ1n) is 5.97. The van der Waals surface area contributed by atoms with E-state index in [1.165, 1.54) is 10.1 Å². The first-order valence-corrected chi connectivity index (χ1v) is 6.85. The lowest BCUT2D eigenvalue weighted by Crippen LogP contribution is -2.13. The molecule has 2 rings (SSSR count). The monoisotopic (exact) mass is 285 g/mol. The zero-order valence-electron chi connectivity index (χ0n) is 10.8. The summed E-state index contributed by atoms with van der Waals surface area (Å²) in [5, 5.41) is 13.5. The van der Waals surface area contributed by atoms with Crippen LogP contribution >= 0.6 is 23.7 Å². The Balaban J connectivity index is 0.00000162. The third-order valence-corrected chi connectivity index (χ3v) is 3.93. The van der Waals surface area contributed by atoms with Gasteiger partial charge in [0.2, 0.25) is 0 Å². The number of fused-ring (bicyclic) bond motifs is 1. The first-order chi connectivity index (χ1) is 8.18. The molecule has 1 atom stereocenters. The summed E-state index contributed by atoms with van der Waals surface area (Å²) in [7, 11) is 4.12. The van der Waals surface area contributed by atoms with Crippen molar-refractivity contribution in [2.75, 3.05) is 20.6 Å². The van der Waals surface area contributed by atoms with E-state index in [1.807, 2.05) is 12.1 Å². The summed E-state index contributed by atoms with van der Waals surface area (Å²) in [6.07, 6.45) is 1.53. The maximum Gasteiger partial charge on any atom is 0.0804 e. The number of aliphatic hydroxyl groups excluding tert-OH is 1. The van der Waals surface area contributed by atoms with Gasteiger partial charge in [0.15, 0.2) is 0 Å². The lowest BCUT2D eigenvalue weighted by molar-refractivity contribution is 0.162. The molecule has 0 spiro atoms. The van der Waals surface area contributed by atoms with Crippen molar-refractivity contribution in [2.45, 2.75) is 18.9 Å². The van der Waals surface area contributed by atoms with Crippen LogP contribution < -0.4 is 0 Å². The standard InChI is InChI=1S/C14H19NOS.ClH/c1-15(2)9-5-7-13(16)12-10-17-14-8-4-3-6-11(12)14;/h3-4,6,8,10,13,16H,5,7,9H2,1-2H3;1H. The molecular formula is C14H20ClNOS. The Morgan fingerprint density at radius 3 is 2.72 bits per heavy atom. The minimum Gasteiger partial charge on any atom is -0.388 e. The number of hydrogen-bond donors (Lipinski definition) is 1. The molecule has 0 saturated carbocycles. The summed E-state index contributed by atoms with van der Waals surface area (Å²) in [5.41, 5.74) is 1.09. The normalized spacial score (nSPS) is 12.7. The number of aliphatic hydroxyl groups is 1. The van der Waals surface area contributed by atoms with E-state index in [0.717, 1.165) is 24.9 Å². The largest absolute Gasteiger partial charge is 0.388 e. The number of nitrogens with zero attached hydrogens (tertiary/aromatic N) is 1. The molecule has 1 aromatic heterocycles. The molecule has 4 heteroatoms. The topological polar surface area (TPSA) is 23.5 Å². The molecule has 1 aromatic carbocycles. The molecule has 1 heterocycles. The molecule has 0 aliphatic rings. The number of halogens is 1. The summed E-state index contributed by atoms with van der Waals surface area (Å²) in [6.45, 7) is 1.03. The average molecular weight is 286 g/mol. The van der Waals surface area contributed by atoms with E-state index in [2.05, 4.69) is 36.5 Å². The second-order valence-corrected chi connectivity index (χ2v) is 5.56. The van der Waals surface area contributed by atoms with E-state index in [1.54, 1.807) is 11.3 Å². The summed E-state index contributed by atoms with van der Waals surface area (Å²) < 4.78 is 1.26. The molecule has 0 fully saturated rings. The maximum atomic E-state index is 10.2. The Hall–Kier alpha value is -0.610. The highest BCUT2D eigenvalue weighted by atomic mass is 35.5. The van der Waals surface area contributed by atoms with E-state index >= 15 is 0 Å². The van der Waals surface area contributed by atoms with Gasteiger partial charge >= 0.3 is 0 Å². The van der Waals surface area contributed by atoms with Crippen LogP contribution in [0.1, 0.15) is 24.5 Å². The van der Waals surface area contributed by atoms with Crippen molar-refractivity contribution in [1.82, 2.24) is 4.90 Å². The summed E-state index contributed by atoms with van der Waals surface area (Å²) in [6, 6.07) is 8.28. The Bertz CT molecular complexity index is 483. The molecule has 18 heavy (non-hydrogen) atoms. The molecule has 0 saturated heterocycles. The highest BCUT2D eigenvalue weighted by molar-refractivity contribution is 7.17. The lowest BCUT2D eigenvalue weighted by atomic mass is 10.0. The molecule has 0 aliphatic heterocycles. The lowest BCUT2D eigenvalue weighted by Gasteiger charge is -2.12. The maximum absolute atomic E-state index is 10.2. The van der Waals surface area contributed by atoms with Crippen molar-refractivity contribution in [3.63, 3.8) is 0 Å². The fraction of sp³-hybridized carbons (Fsp3) is 0.429. The quantitative estimate of drug-likeness (QED) is 0.905. The minimum absolute atomic E-state index is 0. The Morgan fingerprint density at radius 2 is 2.00 bits per heavy atom. The van der Waals surface area contributed by atoms with E-state index in [4.69, 9.17) is 0 Å². The predicted molar refractivity (Wildman–Crippen MR) is 81.8 cm³/mol. The Kier molecular flexibility index (Phi) is 6.09. The fourth-order valence-electron chi connectivity index (χ4n) is 2.01. The molecule has 100 valence electrons. The molecule has 2 nitrogen and oxygen atoms in total. The van der Waals surface area contributed by atoms with Gasteiger partial charge in [-0.25, -0.2) is 0 Å².